The molecular weight excluding hydrogens is 387 g/mol. The van der Waals surface area contributed by atoms with Gasteiger partial charge >= 0.3 is 0 Å². The summed E-state index contributed by atoms with van der Waals surface area (Å²) < 4.78 is 15.1. The van der Waals surface area contributed by atoms with E-state index in [1.54, 1.807) is 12.1 Å². The van der Waals surface area contributed by atoms with Crippen molar-refractivity contribution in [1.29, 1.82) is 0 Å². The average molecular weight is 409 g/mol. The molecule has 4 aromatic rings. The molecule has 0 bridgehead atoms. The van der Waals surface area contributed by atoms with E-state index < -0.39 is 0 Å². The number of para-hydroxylation sites is 1. The first kappa shape index (κ1) is 19.4. The standard InChI is InChI=1S/C22H21FN4OS/c1-13-12-20-25-26-22(27(20)19-7-5-4-6-18(13)19)29-15(3)21(28)24-14(2)16-8-10-17(23)11-9-16/h4-12,14-15H,1-3H3,(H,24,28)/t14-,15+/m1/s1. The Morgan fingerprint density at radius 2 is 1.83 bits per heavy atom. The highest BCUT2D eigenvalue weighted by atomic mass is 32.2. The summed E-state index contributed by atoms with van der Waals surface area (Å²) in [4.78, 5) is 12.7. The zero-order chi connectivity index (χ0) is 20.5. The van der Waals surface area contributed by atoms with Gasteiger partial charge in [0.15, 0.2) is 10.8 Å². The summed E-state index contributed by atoms with van der Waals surface area (Å²) in [5.74, 6) is -0.405. The lowest BCUT2D eigenvalue weighted by Gasteiger charge is -2.17. The summed E-state index contributed by atoms with van der Waals surface area (Å²) in [5, 5.41) is 13.0. The van der Waals surface area contributed by atoms with E-state index in [0.29, 0.717) is 5.16 Å². The van der Waals surface area contributed by atoms with Gasteiger partial charge in [-0.25, -0.2) is 4.39 Å². The molecular formula is C22H21FN4OS. The molecule has 7 heteroatoms. The van der Waals surface area contributed by atoms with E-state index in [1.807, 2.05) is 42.5 Å². The fourth-order valence-electron chi connectivity index (χ4n) is 3.33. The molecule has 0 spiro atoms. The lowest BCUT2D eigenvalue weighted by molar-refractivity contribution is -0.120. The van der Waals surface area contributed by atoms with Gasteiger partial charge in [0, 0.05) is 5.39 Å². The van der Waals surface area contributed by atoms with Crippen molar-refractivity contribution < 1.29 is 9.18 Å². The second kappa shape index (κ2) is 7.83. The molecule has 148 valence electrons. The molecule has 1 amide bonds. The Hall–Kier alpha value is -2.93. The van der Waals surface area contributed by atoms with Gasteiger partial charge in [0.05, 0.1) is 16.8 Å². The normalized spacial score (nSPS) is 13.5. The predicted molar refractivity (Wildman–Crippen MR) is 114 cm³/mol. The van der Waals surface area contributed by atoms with Crippen LogP contribution >= 0.6 is 11.8 Å². The number of amides is 1. The van der Waals surface area contributed by atoms with Crippen molar-refractivity contribution in [3.8, 4) is 0 Å². The summed E-state index contributed by atoms with van der Waals surface area (Å²) in [6.45, 7) is 5.77. The lowest BCUT2D eigenvalue weighted by Crippen LogP contribution is -2.33. The Kier molecular flexibility index (Phi) is 5.24. The van der Waals surface area contributed by atoms with Gasteiger partial charge in [-0.3, -0.25) is 9.20 Å². The van der Waals surface area contributed by atoms with Gasteiger partial charge in [-0.2, -0.15) is 0 Å². The molecule has 5 nitrogen and oxygen atoms in total. The molecule has 2 heterocycles. The van der Waals surface area contributed by atoms with Crippen molar-refractivity contribution in [2.24, 2.45) is 0 Å². The van der Waals surface area contributed by atoms with E-state index in [2.05, 4.69) is 28.5 Å². The van der Waals surface area contributed by atoms with Crippen LogP contribution in [0.3, 0.4) is 0 Å². The Labute approximate surface area is 172 Å². The van der Waals surface area contributed by atoms with Crippen LogP contribution in [0.15, 0.2) is 59.8 Å². The minimum absolute atomic E-state index is 0.111. The molecule has 0 aliphatic rings. The van der Waals surface area contributed by atoms with Crippen molar-refractivity contribution >= 4 is 34.2 Å². The number of rotatable bonds is 5. The number of hydrogen-bond acceptors (Lipinski definition) is 4. The number of nitrogens with zero attached hydrogens (tertiary/aromatic N) is 3. The molecule has 2 aromatic heterocycles. The number of benzene rings is 2. The van der Waals surface area contributed by atoms with Crippen molar-refractivity contribution in [2.75, 3.05) is 0 Å². The SMILES string of the molecule is Cc1cc2nnc(S[C@@H](C)C(=O)N[C@H](C)c3ccc(F)cc3)n2c2ccccc12. The highest BCUT2D eigenvalue weighted by molar-refractivity contribution is 8.00. The third-order valence-electron chi connectivity index (χ3n) is 4.95. The van der Waals surface area contributed by atoms with Gasteiger partial charge in [0.1, 0.15) is 5.82 Å². The molecule has 2 atom stereocenters. The number of aryl methyl sites for hydroxylation is 1. The fraction of sp³-hybridized carbons (Fsp3) is 0.227. The van der Waals surface area contributed by atoms with Gasteiger partial charge in [0.2, 0.25) is 5.91 Å². The zero-order valence-electron chi connectivity index (χ0n) is 16.4. The maximum absolute atomic E-state index is 13.1. The number of fused-ring (bicyclic) bond motifs is 3. The number of thioether (sulfide) groups is 1. The summed E-state index contributed by atoms with van der Waals surface area (Å²) in [6, 6.07) is 16.0. The van der Waals surface area contributed by atoms with E-state index in [4.69, 9.17) is 0 Å². The second-order valence-electron chi connectivity index (χ2n) is 7.06. The summed E-state index contributed by atoms with van der Waals surface area (Å²) in [6.07, 6.45) is 0. The Balaban J connectivity index is 1.56. The monoisotopic (exact) mass is 408 g/mol. The first-order chi connectivity index (χ1) is 13.9. The maximum Gasteiger partial charge on any atom is 0.233 e. The number of pyridine rings is 1. The van der Waals surface area contributed by atoms with E-state index in [0.717, 1.165) is 27.7 Å². The summed E-state index contributed by atoms with van der Waals surface area (Å²) >= 11 is 1.37. The quantitative estimate of drug-likeness (QED) is 0.487. The van der Waals surface area contributed by atoms with Crippen LogP contribution < -0.4 is 5.32 Å². The molecule has 29 heavy (non-hydrogen) atoms. The number of nitrogens with one attached hydrogen (secondary N) is 1. The number of halogens is 1. The Morgan fingerprint density at radius 1 is 1.10 bits per heavy atom. The summed E-state index contributed by atoms with van der Waals surface area (Å²) in [7, 11) is 0. The number of aromatic nitrogens is 3. The van der Waals surface area contributed by atoms with E-state index in [1.165, 1.54) is 23.9 Å². The first-order valence-corrected chi connectivity index (χ1v) is 10.3. The minimum atomic E-state index is -0.370. The van der Waals surface area contributed by atoms with Gasteiger partial charge in [-0.15, -0.1) is 10.2 Å². The maximum atomic E-state index is 13.1. The third-order valence-corrected chi connectivity index (χ3v) is 6.00. The molecule has 0 aliphatic carbocycles. The molecule has 0 unspecified atom stereocenters. The fourth-order valence-corrected chi connectivity index (χ4v) is 4.20. The van der Waals surface area contributed by atoms with Crippen LogP contribution in [-0.4, -0.2) is 25.8 Å². The molecule has 0 aliphatic heterocycles. The Bertz CT molecular complexity index is 1190. The van der Waals surface area contributed by atoms with Crippen molar-refractivity contribution in [1.82, 2.24) is 19.9 Å². The topological polar surface area (TPSA) is 59.3 Å². The molecule has 2 aromatic carbocycles. The van der Waals surface area contributed by atoms with Crippen LogP contribution in [0.5, 0.6) is 0 Å². The van der Waals surface area contributed by atoms with Gasteiger partial charge < -0.3 is 5.32 Å². The van der Waals surface area contributed by atoms with Gasteiger partial charge in [-0.1, -0.05) is 42.1 Å². The van der Waals surface area contributed by atoms with E-state index in [9.17, 15) is 9.18 Å². The molecule has 0 saturated heterocycles. The highest BCUT2D eigenvalue weighted by Crippen LogP contribution is 2.28. The van der Waals surface area contributed by atoms with Gasteiger partial charge in [0.25, 0.3) is 0 Å². The van der Waals surface area contributed by atoms with Crippen LogP contribution in [0.4, 0.5) is 4.39 Å². The smallest absolute Gasteiger partial charge is 0.233 e. The van der Waals surface area contributed by atoms with Crippen molar-refractivity contribution in [2.45, 2.75) is 37.2 Å². The van der Waals surface area contributed by atoms with Crippen LogP contribution in [0.1, 0.15) is 31.0 Å². The van der Waals surface area contributed by atoms with Crippen LogP contribution in [-0.2, 0) is 4.79 Å². The third kappa shape index (κ3) is 3.82. The molecule has 0 radical (unpaired) electrons. The lowest BCUT2D eigenvalue weighted by atomic mass is 10.1. The van der Waals surface area contributed by atoms with Gasteiger partial charge in [-0.05, 0) is 56.2 Å². The first-order valence-electron chi connectivity index (χ1n) is 9.40. The molecule has 0 fully saturated rings. The zero-order valence-corrected chi connectivity index (χ0v) is 17.2. The van der Waals surface area contributed by atoms with Crippen molar-refractivity contribution in [3.05, 3.63) is 71.5 Å². The Morgan fingerprint density at radius 3 is 2.59 bits per heavy atom. The predicted octanol–water partition coefficient (Wildman–Crippen LogP) is 4.69. The number of hydrogen-bond donors (Lipinski definition) is 1. The average Bonchev–Trinajstić information content (AvgIpc) is 3.11. The number of carbonyl (C=O) groups is 1. The second-order valence-corrected chi connectivity index (χ2v) is 8.37. The summed E-state index contributed by atoms with van der Waals surface area (Å²) in [5.41, 5.74) is 3.76. The molecule has 4 rings (SSSR count). The van der Waals surface area contributed by atoms with Crippen molar-refractivity contribution in [3.63, 3.8) is 0 Å². The highest BCUT2D eigenvalue weighted by Gasteiger charge is 2.21. The largest absolute Gasteiger partial charge is 0.349 e. The van der Waals surface area contributed by atoms with Crippen LogP contribution in [0, 0.1) is 12.7 Å². The molecule has 0 saturated carbocycles. The van der Waals surface area contributed by atoms with Crippen LogP contribution in [0.2, 0.25) is 0 Å². The van der Waals surface area contributed by atoms with Crippen LogP contribution in [0.25, 0.3) is 16.6 Å². The number of carbonyl (C=O) groups excluding carboxylic acids is 1. The van der Waals surface area contributed by atoms with E-state index >= 15 is 0 Å². The molecule has 1 N–H and O–H groups in total. The minimum Gasteiger partial charge on any atom is -0.349 e. The van der Waals surface area contributed by atoms with E-state index in [-0.39, 0.29) is 23.0 Å².